The standard InChI is InChI=1S/C13H22Cl2S2/c1-10(2,3)13(16-7-6-8-17-13)9-11(4,5)12(9,14)15/h9H,6-8H2,1-5H3. The molecule has 0 spiro atoms. The van der Waals surface area contributed by atoms with Crippen LogP contribution in [0.25, 0.3) is 0 Å². The molecule has 1 aliphatic carbocycles. The van der Waals surface area contributed by atoms with Crippen LogP contribution in [0.2, 0.25) is 0 Å². The number of alkyl halides is 2. The summed E-state index contributed by atoms with van der Waals surface area (Å²) in [4.78, 5) is 0. The van der Waals surface area contributed by atoms with Crippen LogP contribution >= 0.6 is 46.7 Å². The highest BCUT2D eigenvalue weighted by molar-refractivity contribution is 8.18. The van der Waals surface area contributed by atoms with Crippen molar-refractivity contribution in [3.05, 3.63) is 0 Å². The van der Waals surface area contributed by atoms with E-state index in [9.17, 15) is 0 Å². The van der Waals surface area contributed by atoms with Gasteiger partial charge in [0.1, 0.15) is 4.33 Å². The highest BCUT2D eigenvalue weighted by Gasteiger charge is 2.78. The molecule has 0 aromatic rings. The van der Waals surface area contributed by atoms with Gasteiger partial charge in [-0.15, -0.1) is 46.7 Å². The first-order chi connectivity index (χ1) is 7.57. The zero-order valence-corrected chi connectivity index (χ0v) is 14.4. The lowest BCUT2D eigenvalue weighted by molar-refractivity contribution is 0.313. The molecule has 0 nitrogen and oxygen atoms in total. The Balaban J connectivity index is 2.37. The maximum absolute atomic E-state index is 6.57. The van der Waals surface area contributed by atoms with Gasteiger partial charge < -0.3 is 0 Å². The van der Waals surface area contributed by atoms with Crippen molar-refractivity contribution >= 4 is 46.7 Å². The van der Waals surface area contributed by atoms with Crippen LogP contribution in [0.3, 0.4) is 0 Å². The number of halogens is 2. The Kier molecular flexibility index (Phi) is 3.57. The fraction of sp³-hybridized carbons (Fsp3) is 1.00. The second-order valence-electron chi connectivity index (χ2n) is 6.75. The minimum absolute atomic E-state index is 0.0285. The first-order valence-electron chi connectivity index (χ1n) is 6.23. The fourth-order valence-electron chi connectivity index (χ4n) is 2.95. The van der Waals surface area contributed by atoms with Crippen LogP contribution < -0.4 is 0 Å². The molecule has 1 unspecified atom stereocenters. The summed E-state index contributed by atoms with van der Waals surface area (Å²) in [7, 11) is 0. The third-order valence-corrected chi connectivity index (χ3v) is 9.86. The van der Waals surface area contributed by atoms with Gasteiger partial charge in [-0.25, -0.2) is 0 Å². The second-order valence-corrected chi connectivity index (χ2v) is 11.1. The summed E-state index contributed by atoms with van der Waals surface area (Å²) in [6.07, 6.45) is 1.30. The highest BCUT2D eigenvalue weighted by Crippen LogP contribution is 2.79. The van der Waals surface area contributed by atoms with Gasteiger partial charge in [0.2, 0.25) is 0 Å². The van der Waals surface area contributed by atoms with Crippen LogP contribution in [0.4, 0.5) is 0 Å². The van der Waals surface area contributed by atoms with Crippen molar-refractivity contribution in [2.75, 3.05) is 11.5 Å². The quantitative estimate of drug-likeness (QED) is 0.592. The van der Waals surface area contributed by atoms with Gasteiger partial charge >= 0.3 is 0 Å². The Labute approximate surface area is 124 Å². The molecule has 2 rings (SSSR count). The molecular formula is C13H22Cl2S2. The van der Waals surface area contributed by atoms with Crippen LogP contribution in [-0.4, -0.2) is 19.9 Å². The molecule has 17 heavy (non-hydrogen) atoms. The van der Waals surface area contributed by atoms with E-state index in [1.165, 1.54) is 17.9 Å². The maximum atomic E-state index is 6.57. The smallest absolute Gasteiger partial charge is 0.129 e. The average Bonchev–Trinajstić information content (AvgIpc) is 2.57. The van der Waals surface area contributed by atoms with Crippen molar-refractivity contribution < 1.29 is 0 Å². The lowest BCUT2D eigenvalue weighted by atomic mass is 9.86. The molecule has 4 heteroatoms. The molecule has 1 saturated carbocycles. The average molecular weight is 313 g/mol. The Morgan fingerprint density at radius 2 is 1.47 bits per heavy atom. The van der Waals surface area contributed by atoms with Crippen molar-refractivity contribution in [3.63, 3.8) is 0 Å². The largest absolute Gasteiger partial charge is 0.143 e. The lowest BCUT2D eigenvalue weighted by Crippen LogP contribution is -2.43. The van der Waals surface area contributed by atoms with E-state index >= 15 is 0 Å². The van der Waals surface area contributed by atoms with Gasteiger partial charge in [-0.2, -0.15) is 0 Å². The monoisotopic (exact) mass is 312 g/mol. The zero-order valence-electron chi connectivity index (χ0n) is 11.3. The van der Waals surface area contributed by atoms with E-state index in [1.54, 1.807) is 0 Å². The molecule has 2 aliphatic rings. The predicted octanol–water partition coefficient (Wildman–Crippen LogP) is 5.43. The lowest BCUT2D eigenvalue weighted by Gasteiger charge is -2.47. The summed E-state index contributed by atoms with van der Waals surface area (Å²) in [5, 5.41) is 0. The topological polar surface area (TPSA) is 0 Å². The van der Waals surface area contributed by atoms with Crippen LogP contribution in [0, 0.1) is 16.7 Å². The highest BCUT2D eigenvalue weighted by atomic mass is 35.5. The van der Waals surface area contributed by atoms with Crippen LogP contribution in [0.1, 0.15) is 41.0 Å². The minimum Gasteiger partial charge on any atom is -0.143 e. The minimum atomic E-state index is -0.558. The van der Waals surface area contributed by atoms with Gasteiger partial charge in [0.25, 0.3) is 0 Å². The molecule has 0 radical (unpaired) electrons. The molecule has 1 saturated heterocycles. The van der Waals surface area contributed by atoms with Gasteiger partial charge in [0, 0.05) is 11.3 Å². The summed E-state index contributed by atoms with van der Waals surface area (Å²) in [6, 6.07) is 0. The number of rotatable bonds is 1. The van der Waals surface area contributed by atoms with Gasteiger partial charge in [-0.05, 0) is 23.3 Å². The summed E-state index contributed by atoms with van der Waals surface area (Å²) in [5.74, 6) is 2.85. The van der Waals surface area contributed by atoms with Crippen molar-refractivity contribution in [2.45, 2.75) is 49.5 Å². The molecule has 1 heterocycles. The van der Waals surface area contributed by atoms with Gasteiger partial charge in [-0.1, -0.05) is 34.6 Å². The first kappa shape index (κ1) is 14.7. The van der Waals surface area contributed by atoms with Crippen molar-refractivity contribution in [1.82, 2.24) is 0 Å². The number of hydrogen-bond acceptors (Lipinski definition) is 2. The van der Waals surface area contributed by atoms with Crippen molar-refractivity contribution in [1.29, 1.82) is 0 Å². The van der Waals surface area contributed by atoms with Crippen molar-refractivity contribution in [3.8, 4) is 0 Å². The molecular weight excluding hydrogens is 291 g/mol. The Morgan fingerprint density at radius 3 is 1.76 bits per heavy atom. The Morgan fingerprint density at radius 1 is 1.06 bits per heavy atom. The summed E-state index contributed by atoms with van der Waals surface area (Å²) < 4.78 is -0.393. The molecule has 0 bridgehead atoms. The Bertz CT molecular complexity index is 298. The van der Waals surface area contributed by atoms with E-state index in [0.29, 0.717) is 5.92 Å². The molecule has 100 valence electrons. The van der Waals surface area contributed by atoms with Crippen LogP contribution in [-0.2, 0) is 0 Å². The molecule has 0 aromatic heterocycles. The van der Waals surface area contributed by atoms with Crippen LogP contribution in [0.15, 0.2) is 0 Å². The third-order valence-electron chi connectivity index (χ3n) is 4.21. The third kappa shape index (κ3) is 1.97. The van der Waals surface area contributed by atoms with Gasteiger partial charge in [0.05, 0.1) is 4.08 Å². The van der Waals surface area contributed by atoms with E-state index in [2.05, 4.69) is 58.1 Å². The second kappa shape index (κ2) is 4.14. The maximum Gasteiger partial charge on any atom is 0.129 e. The molecule has 1 atom stereocenters. The van der Waals surface area contributed by atoms with E-state index in [-0.39, 0.29) is 14.9 Å². The molecule has 0 N–H and O–H groups in total. The van der Waals surface area contributed by atoms with Crippen LogP contribution in [0.5, 0.6) is 0 Å². The van der Waals surface area contributed by atoms with E-state index in [1.807, 2.05) is 0 Å². The molecule has 0 amide bonds. The van der Waals surface area contributed by atoms with E-state index < -0.39 is 4.33 Å². The molecule has 1 aliphatic heterocycles. The van der Waals surface area contributed by atoms with Gasteiger partial charge in [-0.3, -0.25) is 0 Å². The zero-order chi connectivity index (χ0) is 13.1. The molecule has 0 aromatic carbocycles. The summed E-state index contributed by atoms with van der Waals surface area (Å²) in [6.45, 7) is 11.4. The number of hydrogen-bond donors (Lipinski definition) is 0. The number of thioether (sulfide) groups is 2. The summed E-state index contributed by atoms with van der Waals surface area (Å²) in [5.41, 5.74) is 0.247. The van der Waals surface area contributed by atoms with Crippen molar-refractivity contribution in [2.24, 2.45) is 16.7 Å². The van der Waals surface area contributed by atoms with E-state index in [4.69, 9.17) is 23.2 Å². The summed E-state index contributed by atoms with van der Waals surface area (Å²) >= 11 is 17.3. The Hall–Kier alpha value is 1.28. The SMILES string of the molecule is CC(C)(C)C1(C2C(C)(C)C2(Cl)Cl)SCCCS1. The normalized spacial score (nSPS) is 34.4. The van der Waals surface area contributed by atoms with Gasteiger partial charge in [0.15, 0.2) is 0 Å². The molecule has 2 fully saturated rings. The van der Waals surface area contributed by atoms with E-state index in [0.717, 1.165) is 0 Å². The fourth-order valence-corrected chi connectivity index (χ4v) is 8.54. The first-order valence-corrected chi connectivity index (χ1v) is 8.96. The predicted molar refractivity (Wildman–Crippen MR) is 83.4 cm³/mol.